The third kappa shape index (κ3) is 6.53. The molecule has 3 aliphatic rings. The topological polar surface area (TPSA) is 128 Å². The van der Waals surface area contributed by atoms with Gasteiger partial charge in [-0.3, -0.25) is 19.3 Å². The predicted octanol–water partition coefficient (Wildman–Crippen LogP) is 8.47. The Morgan fingerprint density at radius 2 is 1.61 bits per heavy atom. The van der Waals surface area contributed by atoms with E-state index in [-0.39, 0.29) is 71.3 Å². The summed E-state index contributed by atoms with van der Waals surface area (Å²) in [4.78, 5) is 44.5. The second-order valence-corrected chi connectivity index (χ2v) is 21.3. The van der Waals surface area contributed by atoms with Crippen molar-refractivity contribution in [2.24, 2.45) is 11.8 Å². The number of halogens is 1. The molecule has 1 aromatic heterocycles. The molecule has 0 amide bonds. The molecule has 7 rings (SSSR count). The van der Waals surface area contributed by atoms with E-state index in [1.54, 1.807) is 0 Å². The number of aldehydes is 1. The maximum atomic E-state index is 16.2. The van der Waals surface area contributed by atoms with Crippen molar-refractivity contribution >= 4 is 38.0 Å². The zero-order valence-electron chi connectivity index (χ0n) is 32.7. The molecule has 4 atom stereocenters. The summed E-state index contributed by atoms with van der Waals surface area (Å²) in [6.07, 6.45) is 3.40. The van der Waals surface area contributed by atoms with Gasteiger partial charge in [0.1, 0.15) is 42.4 Å². The fraction of sp³-hybridized carbons (Fsp3) is 0.364. The Bertz CT molecular complexity index is 2240. The Hall–Kier alpha value is -5.17. The molecule has 3 aliphatic carbocycles. The summed E-state index contributed by atoms with van der Waals surface area (Å²) >= 11 is 0. The maximum absolute atomic E-state index is 16.2. The molecule has 3 aromatic carbocycles. The Morgan fingerprint density at radius 1 is 0.982 bits per heavy atom. The van der Waals surface area contributed by atoms with Crippen molar-refractivity contribution in [1.82, 2.24) is 10.1 Å². The minimum absolute atomic E-state index is 0.0111. The first-order valence-corrected chi connectivity index (χ1v) is 21.7. The van der Waals surface area contributed by atoms with Gasteiger partial charge in [-0.15, -0.1) is 0 Å². The molecule has 0 bridgehead atoms. The predicted molar refractivity (Wildman–Crippen MR) is 211 cm³/mol. The number of aromatic nitrogens is 1. The Morgan fingerprint density at radius 3 is 2.20 bits per heavy atom. The fourth-order valence-electron chi connectivity index (χ4n) is 8.14. The van der Waals surface area contributed by atoms with E-state index < -0.39 is 60.0 Å². The largest absolute Gasteiger partial charge is 0.507 e. The summed E-state index contributed by atoms with van der Waals surface area (Å²) in [5.41, 5.74) is -0.0642. The quantitative estimate of drug-likeness (QED) is 0.0686. The summed E-state index contributed by atoms with van der Waals surface area (Å²) < 4.78 is 41.8. The van der Waals surface area contributed by atoms with Crippen molar-refractivity contribution in [3.8, 4) is 11.6 Å². The number of carbonyl (C=O) groups is 3. The number of hydrogen-bond donors (Lipinski definition) is 1. The molecule has 0 spiro atoms. The molecule has 4 aromatic rings. The average molecular weight is 779 g/mol. The Labute approximate surface area is 327 Å². The van der Waals surface area contributed by atoms with Gasteiger partial charge < -0.3 is 23.5 Å². The first-order valence-electron chi connectivity index (χ1n) is 18.8. The van der Waals surface area contributed by atoms with Gasteiger partial charge in [0.2, 0.25) is 11.6 Å². The number of Topliss-reactive ketones (excluding diaryl/α,β-unsaturated/α-hetero) is 2. The van der Waals surface area contributed by atoms with Crippen LogP contribution >= 0.6 is 0 Å². The summed E-state index contributed by atoms with van der Waals surface area (Å²) in [6, 6.07) is 19.3. The van der Waals surface area contributed by atoms with Crippen molar-refractivity contribution in [3.05, 3.63) is 123 Å². The lowest BCUT2D eigenvalue weighted by molar-refractivity contribution is -0.140. The van der Waals surface area contributed by atoms with Crippen molar-refractivity contribution in [2.45, 2.75) is 76.6 Å². The number of aliphatic hydroxyl groups excluding tert-OH is 1. The number of nitrogens with zero attached hydrogens (tertiary/aromatic N) is 2. The van der Waals surface area contributed by atoms with Crippen LogP contribution in [0, 0.1) is 17.7 Å². The van der Waals surface area contributed by atoms with Gasteiger partial charge in [-0.05, 0) is 85.5 Å². The molecule has 292 valence electrons. The van der Waals surface area contributed by atoms with E-state index in [4.69, 9.17) is 18.4 Å². The number of benzene rings is 3. The minimum atomic E-state index is -2.97. The van der Waals surface area contributed by atoms with E-state index in [0.29, 0.717) is 6.29 Å². The molecule has 1 fully saturated rings. The SMILES string of the molecule is CN(C)[C@@H]1c2onc(OCc3ccccc3)c2C(=O)[C@@]2(O[Si](C)(C)C(C)(C)C)C(=O)C3=C(O)c4c(c(F)cc(/C=C/C=O)c4OCc4ccccc4)C[C@H]3C[C@@H]12. The van der Waals surface area contributed by atoms with Gasteiger partial charge in [0.15, 0.2) is 19.7 Å². The highest BCUT2D eigenvalue weighted by atomic mass is 28.4. The number of hydrogen-bond acceptors (Lipinski definition) is 10. The Kier molecular flexibility index (Phi) is 10.3. The van der Waals surface area contributed by atoms with Crippen LogP contribution < -0.4 is 9.47 Å². The smallest absolute Gasteiger partial charge is 0.265 e. The van der Waals surface area contributed by atoms with Crippen molar-refractivity contribution in [3.63, 3.8) is 0 Å². The van der Waals surface area contributed by atoms with Crippen molar-refractivity contribution in [1.29, 1.82) is 0 Å². The summed E-state index contributed by atoms with van der Waals surface area (Å²) in [5.74, 6) is -3.59. The van der Waals surface area contributed by atoms with Crippen LogP contribution in [0.3, 0.4) is 0 Å². The summed E-state index contributed by atoms with van der Waals surface area (Å²) in [7, 11) is 0.697. The number of carbonyl (C=O) groups excluding carboxylic acids is 3. The molecule has 1 heterocycles. The summed E-state index contributed by atoms with van der Waals surface area (Å²) in [5, 5.41) is 16.2. The van der Waals surface area contributed by atoms with E-state index >= 15 is 14.0 Å². The average Bonchev–Trinajstić information content (AvgIpc) is 3.57. The van der Waals surface area contributed by atoms with Gasteiger partial charge in [-0.2, -0.15) is 0 Å². The van der Waals surface area contributed by atoms with Crippen LogP contribution in [0.2, 0.25) is 18.1 Å². The molecule has 0 aliphatic heterocycles. The number of ether oxygens (including phenoxy) is 2. The van der Waals surface area contributed by atoms with Crippen LogP contribution in [0.5, 0.6) is 11.6 Å². The highest BCUT2D eigenvalue weighted by molar-refractivity contribution is 6.74. The highest BCUT2D eigenvalue weighted by Gasteiger charge is 2.69. The third-order valence-electron chi connectivity index (χ3n) is 11.8. The zero-order valence-corrected chi connectivity index (χ0v) is 33.7. The lowest BCUT2D eigenvalue weighted by Gasteiger charge is -2.55. The van der Waals surface area contributed by atoms with E-state index in [9.17, 15) is 9.90 Å². The minimum Gasteiger partial charge on any atom is -0.507 e. The Balaban J connectivity index is 1.43. The normalized spacial score (nSPS) is 22.1. The van der Waals surface area contributed by atoms with Crippen LogP contribution in [0.4, 0.5) is 4.39 Å². The molecule has 0 unspecified atom stereocenters. The lowest BCUT2D eigenvalue weighted by Crippen LogP contribution is -2.68. The molecular formula is C44H47FN2O8Si. The van der Waals surface area contributed by atoms with Crippen molar-refractivity contribution < 1.29 is 42.3 Å². The van der Waals surface area contributed by atoms with Gasteiger partial charge in [-0.1, -0.05) is 81.4 Å². The van der Waals surface area contributed by atoms with Gasteiger partial charge in [0.25, 0.3) is 5.88 Å². The fourth-order valence-corrected chi connectivity index (χ4v) is 9.58. The second kappa shape index (κ2) is 14.7. The number of ketones is 2. The third-order valence-corrected chi connectivity index (χ3v) is 16.3. The van der Waals surface area contributed by atoms with Gasteiger partial charge in [-0.25, -0.2) is 4.39 Å². The van der Waals surface area contributed by atoms with E-state index in [2.05, 4.69) is 5.16 Å². The van der Waals surface area contributed by atoms with Crippen LogP contribution in [-0.2, 0) is 33.6 Å². The van der Waals surface area contributed by atoms with Gasteiger partial charge in [0, 0.05) is 22.6 Å². The number of rotatable bonds is 11. The van der Waals surface area contributed by atoms with Gasteiger partial charge >= 0.3 is 0 Å². The standard InChI is InChI=1S/C44H47FN2O8Si/c1-43(2,3)56(6,7)55-44-31(36(47(4)5)39-35(41(44)51)42(46-54-39)53-25-27-17-12-9-13-18-27)22-29-21-30-32(45)23-28(19-14-20-48)38(34(30)37(49)33(29)40(44)50)52-24-26-15-10-8-11-16-26/h8-20,23,29,31,36,49H,21-22,24-25H2,1-7H3/b19-14+/t29-,31-,36-,44-/m0/s1. The zero-order chi connectivity index (χ0) is 40.2. The van der Waals surface area contributed by atoms with E-state index in [0.717, 1.165) is 11.1 Å². The molecular weight excluding hydrogens is 732 g/mol. The summed E-state index contributed by atoms with van der Waals surface area (Å²) in [6.45, 7) is 10.2. The monoisotopic (exact) mass is 778 g/mol. The van der Waals surface area contributed by atoms with Crippen molar-refractivity contribution in [2.75, 3.05) is 14.1 Å². The number of allylic oxidation sites excluding steroid dienone is 1. The van der Waals surface area contributed by atoms with E-state index in [1.165, 1.54) is 18.2 Å². The molecule has 0 saturated heterocycles. The molecule has 1 N–H and O–H groups in total. The van der Waals surface area contributed by atoms with Crippen LogP contribution in [0.1, 0.15) is 77.2 Å². The highest BCUT2D eigenvalue weighted by Crippen LogP contribution is 2.59. The molecule has 1 saturated carbocycles. The van der Waals surface area contributed by atoms with Crippen LogP contribution in [0.25, 0.3) is 11.8 Å². The maximum Gasteiger partial charge on any atom is 0.265 e. The molecule has 10 nitrogen and oxygen atoms in total. The van der Waals surface area contributed by atoms with Gasteiger partial charge in [0.05, 0.1) is 11.6 Å². The van der Waals surface area contributed by atoms with E-state index in [1.807, 2.05) is 114 Å². The number of aliphatic hydroxyl groups is 1. The number of fused-ring (bicyclic) bond motifs is 4. The first-order chi connectivity index (χ1) is 26.6. The lowest BCUT2D eigenvalue weighted by atomic mass is 9.57. The molecule has 0 radical (unpaired) electrons. The molecule has 12 heteroatoms. The van der Waals surface area contributed by atoms with Crippen LogP contribution in [0.15, 0.2) is 82.9 Å². The first kappa shape index (κ1) is 39.1. The molecule has 56 heavy (non-hydrogen) atoms. The van der Waals surface area contributed by atoms with Crippen LogP contribution in [-0.4, -0.2) is 61.0 Å². The second-order valence-electron chi connectivity index (χ2n) is 16.6.